The lowest BCUT2D eigenvalue weighted by Crippen LogP contribution is -2.66. The van der Waals surface area contributed by atoms with E-state index in [0.29, 0.717) is 0 Å². The molecule has 2 saturated heterocycles. The van der Waals surface area contributed by atoms with Gasteiger partial charge < -0.3 is 15.5 Å². The maximum Gasteiger partial charge on any atom is 0.240 e. The highest BCUT2D eigenvalue weighted by Crippen LogP contribution is 2.24. The van der Waals surface area contributed by atoms with Crippen LogP contribution in [0.5, 0.6) is 0 Å². The molecular formula is C13H25N3OS. The van der Waals surface area contributed by atoms with E-state index in [1.165, 1.54) is 13.0 Å². The maximum atomic E-state index is 12.0. The number of carbonyl (C=O) groups is 1. The largest absolute Gasteiger partial charge is 0.353 e. The van der Waals surface area contributed by atoms with E-state index in [2.05, 4.69) is 28.7 Å². The molecule has 18 heavy (non-hydrogen) atoms. The molecular weight excluding hydrogens is 246 g/mol. The average molecular weight is 271 g/mol. The second-order valence-electron chi connectivity index (χ2n) is 5.44. The Balaban J connectivity index is 1.78. The number of amides is 1. The number of piperazine rings is 1. The van der Waals surface area contributed by atoms with Crippen LogP contribution in [0.4, 0.5) is 0 Å². The van der Waals surface area contributed by atoms with Crippen LogP contribution in [0, 0.1) is 0 Å². The third kappa shape index (κ3) is 3.19. The van der Waals surface area contributed by atoms with Crippen LogP contribution in [0.1, 0.15) is 26.2 Å². The summed E-state index contributed by atoms with van der Waals surface area (Å²) in [5.41, 5.74) is -0.264. The predicted octanol–water partition coefficient (Wildman–Crippen LogP) is 0.682. The van der Waals surface area contributed by atoms with Crippen molar-refractivity contribution in [2.75, 3.05) is 39.0 Å². The predicted molar refractivity (Wildman–Crippen MR) is 77.0 cm³/mol. The van der Waals surface area contributed by atoms with E-state index in [9.17, 15) is 4.79 Å². The quantitative estimate of drug-likeness (QED) is 0.789. The minimum atomic E-state index is -0.264. The van der Waals surface area contributed by atoms with Gasteiger partial charge in [0, 0.05) is 31.4 Å². The summed E-state index contributed by atoms with van der Waals surface area (Å²) in [6.45, 7) is 7.22. The molecule has 1 amide bonds. The van der Waals surface area contributed by atoms with E-state index in [-0.39, 0.29) is 11.4 Å². The fraction of sp³-hybridized carbons (Fsp3) is 0.923. The lowest BCUT2D eigenvalue weighted by molar-refractivity contribution is -0.131. The molecule has 1 spiro atoms. The molecule has 1 atom stereocenters. The molecule has 5 heteroatoms. The van der Waals surface area contributed by atoms with Crippen LogP contribution in [0.15, 0.2) is 0 Å². The molecule has 0 radical (unpaired) electrons. The van der Waals surface area contributed by atoms with E-state index < -0.39 is 0 Å². The molecule has 0 bridgehead atoms. The minimum Gasteiger partial charge on any atom is -0.353 e. The van der Waals surface area contributed by atoms with Crippen molar-refractivity contribution in [2.45, 2.75) is 37.0 Å². The maximum absolute atomic E-state index is 12.0. The first-order valence-corrected chi connectivity index (χ1v) is 8.23. The van der Waals surface area contributed by atoms with Crippen molar-refractivity contribution in [3.63, 3.8) is 0 Å². The number of nitrogens with one attached hydrogen (secondary N) is 2. The number of carbonyl (C=O) groups excluding carboxylic acids is 1. The SMILES string of the molecule is CS[C@@H](C)CCN1CCC2(CC1)NCCNC2=O. The Morgan fingerprint density at radius 3 is 2.72 bits per heavy atom. The van der Waals surface area contributed by atoms with Gasteiger partial charge in [-0.3, -0.25) is 4.79 Å². The zero-order valence-electron chi connectivity index (χ0n) is 11.5. The van der Waals surface area contributed by atoms with E-state index in [1.807, 2.05) is 11.8 Å². The number of hydrogen-bond acceptors (Lipinski definition) is 4. The van der Waals surface area contributed by atoms with Crippen molar-refractivity contribution in [1.29, 1.82) is 0 Å². The fourth-order valence-electron chi connectivity index (χ4n) is 2.77. The first-order chi connectivity index (χ1) is 8.66. The number of rotatable bonds is 4. The van der Waals surface area contributed by atoms with Gasteiger partial charge in [-0.15, -0.1) is 0 Å². The van der Waals surface area contributed by atoms with Gasteiger partial charge in [0.25, 0.3) is 0 Å². The first kappa shape index (κ1) is 14.2. The minimum absolute atomic E-state index is 0.214. The molecule has 2 fully saturated rings. The van der Waals surface area contributed by atoms with Gasteiger partial charge in [-0.25, -0.2) is 0 Å². The number of likely N-dealkylation sites (tertiary alicyclic amines) is 1. The molecule has 2 N–H and O–H groups in total. The second kappa shape index (κ2) is 6.26. The fourth-order valence-corrected chi connectivity index (χ4v) is 3.11. The Labute approximate surface area is 114 Å². The molecule has 0 aliphatic carbocycles. The van der Waals surface area contributed by atoms with Gasteiger partial charge >= 0.3 is 0 Å². The van der Waals surface area contributed by atoms with Crippen molar-refractivity contribution in [3.8, 4) is 0 Å². The van der Waals surface area contributed by atoms with E-state index >= 15 is 0 Å². The van der Waals surface area contributed by atoms with Crippen LogP contribution >= 0.6 is 11.8 Å². The standard InChI is InChI=1S/C13H25N3OS/c1-11(18-2)3-8-16-9-4-13(5-10-16)12(17)14-6-7-15-13/h11,15H,3-10H2,1-2H3,(H,14,17)/t11-/m0/s1. The number of nitrogens with zero attached hydrogens (tertiary/aromatic N) is 1. The van der Waals surface area contributed by atoms with E-state index in [4.69, 9.17) is 0 Å². The molecule has 0 saturated carbocycles. The molecule has 2 aliphatic heterocycles. The zero-order chi connectivity index (χ0) is 13.0. The molecule has 0 aromatic heterocycles. The first-order valence-electron chi connectivity index (χ1n) is 6.95. The van der Waals surface area contributed by atoms with Crippen LogP contribution in [0.25, 0.3) is 0 Å². The normalized spacial score (nSPS) is 26.0. The number of thioether (sulfide) groups is 1. The summed E-state index contributed by atoms with van der Waals surface area (Å²) in [5.74, 6) is 0.214. The van der Waals surface area contributed by atoms with Crippen molar-refractivity contribution in [1.82, 2.24) is 15.5 Å². The Hall–Kier alpha value is -0.260. The molecule has 0 aromatic carbocycles. The van der Waals surface area contributed by atoms with Crippen LogP contribution in [-0.2, 0) is 4.79 Å². The summed E-state index contributed by atoms with van der Waals surface area (Å²) in [6, 6.07) is 0. The summed E-state index contributed by atoms with van der Waals surface area (Å²) in [4.78, 5) is 14.5. The molecule has 2 rings (SSSR count). The van der Waals surface area contributed by atoms with Crippen molar-refractivity contribution in [3.05, 3.63) is 0 Å². The van der Waals surface area contributed by atoms with E-state index in [0.717, 1.165) is 44.3 Å². The summed E-state index contributed by atoms with van der Waals surface area (Å²) in [6.07, 6.45) is 5.32. The molecule has 2 heterocycles. The summed E-state index contributed by atoms with van der Waals surface area (Å²) >= 11 is 1.93. The Bertz CT molecular complexity index is 290. The Morgan fingerprint density at radius 2 is 2.11 bits per heavy atom. The lowest BCUT2D eigenvalue weighted by atomic mass is 9.85. The van der Waals surface area contributed by atoms with Crippen molar-refractivity contribution < 1.29 is 4.79 Å². The monoisotopic (exact) mass is 271 g/mol. The van der Waals surface area contributed by atoms with Gasteiger partial charge in [-0.1, -0.05) is 6.92 Å². The van der Waals surface area contributed by atoms with Crippen LogP contribution in [-0.4, -0.2) is 60.6 Å². The van der Waals surface area contributed by atoms with Gasteiger partial charge in [0.1, 0.15) is 5.54 Å². The third-order valence-corrected chi connectivity index (χ3v) is 5.31. The third-order valence-electron chi connectivity index (χ3n) is 4.27. The number of hydrogen-bond donors (Lipinski definition) is 2. The average Bonchev–Trinajstić information content (AvgIpc) is 2.41. The lowest BCUT2D eigenvalue weighted by Gasteiger charge is -2.43. The van der Waals surface area contributed by atoms with Gasteiger partial charge in [-0.05, 0) is 32.1 Å². The molecule has 0 aromatic rings. The van der Waals surface area contributed by atoms with Gasteiger partial charge in [0.2, 0.25) is 5.91 Å². The molecule has 2 aliphatic rings. The highest BCUT2D eigenvalue weighted by Gasteiger charge is 2.42. The van der Waals surface area contributed by atoms with Crippen LogP contribution < -0.4 is 10.6 Å². The summed E-state index contributed by atoms with van der Waals surface area (Å²) < 4.78 is 0. The van der Waals surface area contributed by atoms with E-state index in [1.54, 1.807) is 0 Å². The van der Waals surface area contributed by atoms with Gasteiger partial charge in [-0.2, -0.15) is 11.8 Å². The smallest absolute Gasteiger partial charge is 0.240 e. The molecule has 4 nitrogen and oxygen atoms in total. The zero-order valence-corrected chi connectivity index (χ0v) is 12.3. The Morgan fingerprint density at radius 1 is 1.39 bits per heavy atom. The van der Waals surface area contributed by atoms with Crippen LogP contribution in [0.2, 0.25) is 0 Å². The summed E-state index contributed by atoms with van der Waals surface area (Å²) in [5, 5.41) is 7.16. The Kier molecular flexibility index (Phi) is 4.92. The molecule has 0 unspecified atom stereocenters. The summed E-state index contributed by atoms with van der Waals surface area (Å²) in [7, 11) is 0. The molecule has 104 valence electrons. The highest BCUT2D eigenvalue weighted by molar-refractivity contribution is 7.99. The van der Waals surface area contributed by atoms with Crippen LogP contribution in [0.3, 0.4) is 0 Å². The van der Waals surface area contributed by atoms with Gasteiger partial charge in [0.15, 0.2) is 0 Å². The second-order valence-corrected chi connectivity index (χ2v) is 6.72. The number of piperidine rings is 1. The topological polar surface area (TPSA) is 44.4 Å². The highest BCUT2D eigenvalue weighted by atomic mass is 32.2. The van der Waals surface area contributed by atoms with Gasteiger partial charge in [0.05, 0.1) is 0 Å². The van der Waals surface area contributed by atoms with Crippen molar-refractivity contribution >= 4 is 17.7 Å². The van der Waals surface area contributed by atoms with Crippen molar-refractivity contribution in [2.24, 2.45) is 0 Å².